The Morgan fingerprint density at radius 3 is 2.66 bits per heavy atom. The second kappa shape index (κ2) is 12.4. The third-order valence-corrected chi connectivity index (χ3v) is 6.99. The van der Waals surface area contributed by atoms with Gasteiger partial charge in [0.15, 0.2) is 0 Å². The highest BCUT2D eigenvalue weighted by Crippen LogP contribution is 2.49. The number of hydrogen-bond donors (Lipinski definition) is 3. The summed E-state index contributed by atoms with van der Waals surface area (Å²) in [6.07, 6.45) is -0.359. The van der Waals surface area contributed by atoms with Crippen molar-refractivity contribution >= 4 is 21.1 Å². The van der Waals surface area contributed by atoms with Crippen LogP contribution in [0.15, 0.2) is 23.1 Å². The molecule has 0 aliphatic carbocycles. The molecule has 1 aliphatic rings. The molecular formula is C18H32N2O10P2. The van der Waals surface area contributed by atoms with Crippen LogP contribution in [0.25, 0.3) is 0 Å². The van der Waals surface area contributed by atoms with Crippen molar-refractivity contribution in [1.82, 2.24) is 4.57 Å². The Hall–Kier alpha value is -1.07. The molecule has 3 unspecified atom stereocenters. The summed E-state index contributed by atoms with van der Waals surface area (Å²) in [7, 11) is -8.42. The van der Waals surface area contributed by atoms with E-state index in [2.05, 4.69) is 0 Å². The molecule has 32 heavy (non-hydrogen) atoms. The molecule has 0 saturated carbocycles. The predicted octanol–water partition coefficient (Wildman–Crippen LogP) is 2.26. The molecule has 2 rings (SSSR count). The Bertz CT molecular complexity index is 880. The number of phosphoric ester groups is 1. The Morgan fingerprint density at radius 1 is 1.25 bits per heavy atom. The van der Waals surface area contributed by atoms with Gasteiger partial charge in [-0.2, -0.15) is 0 Å². The Balaban J connectivity index is 2.12. The van der Waals surface area contributed by atoms with Gasteiger partial charge in [-0.1, -0.05) is 13.3 Å². The highest BCUT2D eigenvalue weighted by atomic mass is 31.2. The first-order valence-electron chi connectivity index (χ1n) is 10.4. The van der Waals surface area contributed by atoms with E-state index < -0.39 is 46.0 Å². The van der Waals surface area contributed by atoms with Crippen molar-refractivity contribution in [2.24, 2.45) is 0 Å². The van der Waals surface area contributed by atoms with Gasteiger partial charge in [-0.15, -0.1) is 0 Å². The average molecular weight is 498 g/mol. The highest BCUT2D eigenvalue weighted by Gasteiger charge is 2.42. The van der Waals surface area contributed by atoms with Gasteiger partial charge in [-0.05, 0) is 19.4 Å². The van der Waals surface area contributed by atoms with Gasteiger partial charge in [0.2, 0.25) is 0 Å². The van der Waals surface area contributed by atoms with E-state index in [1.165, 1.54) is 22.9 Å². The second-order valence-electron chi connectivity index (χ2n) is 7.22. The van der Waals surface area contributed by atoms with Crippen LogP contribution in [0.4, 0.5) is 5.69 Å². The van der Waals surface area contributed by atoms with Crippen molar-refractivity contribution in [3.05, 3.63) is 28.7 Å². The van der Waals surface area contributed by atoms with Gasteiger partial charge < -0.3 is 29.5 Å². The van der Waals surface area contributed by atoms with Crippen LogP contribution in [-0.4, -0.2) is 59.2 Å². The van der Waals surface area contributed by atoms with E-state index in [4.69, 9.17) is 28.8 Å². The standard InChI is InChI=1S/C18H32N2O10P2/c1-3-5-8-27-32(24,25)30-15-12-18(20-7-6-14(19)11-17(20)21)29-16(15)13-28-31(22,23)10-9-26-4-2/h6-7,11,15-16,18H,3-5,8-10,12-13,19H2,1-2H3,(H,22,23)(H,24,25)/t15?,16-,18-/m1/s1. The molecule has 0 bridgehead atoms. The molecule has 12 nitrogen and oxygen atoms in total. The van der Waals surface area contributed by atoms with Crippen molar-refractivity contribution in [2.45, 2.75) is 51.5 Å². The first kappa shape index (κ1) is 27.2. The Labute approximate surface area is 186 Å². The van der Waals surface area contributed by atoms with E-state index >= 15 is 0 Å². The molecule has 1 fully saturated rings. The monoisotopic (exact) mass is 498 g/mol. The molecule has 14 heteroatoms. The zero-order valence-corrected chi connectivity index (χ0v) is 20.0. The number of nitrogens with zero attached hydrogens (tertiary/aromatic N) is 1. The number of unbranched alkanes of at least 4 members (excludes halogenated alkanes) is 1. The van der Waals surface area contributed by atoms with Gasteiger partial charge >= 0.3 is 15.4 Å². The molecule has 1 aliphatic heterocycles. The zero-order valence-electron chi connectivity index (χ0n) is 18.2. The van der Waals surface area contributed by atoms with Gasteiger partial charge in [0, 0.05) is 31.0 Å². The SMILES string of the molecule is CCCCOP(=O)(O)OC1C[C@H](n2ccc(N)cc2=O)O[C@@H]1COP(=O)(O)CCOCC. The molecule has 1 aromatic rings. The van der Waals surface area contributed by atoms with Crippen molar-refractivity contribution in [3.63, 3.8) is 0 Å². The molecule has 0 radical (unpaired) electrons. The molecule has 0 aromatic carbocycles. The second-order valence-corrected chi connectivity index (χ2v) is 10.6. The lowest BCUT2D eigenvalue weighted by Crippen LogP contribution is -2.29. The fraction of sp³-hybridized carbons (Fsp3) is 0.722. The van der Waals surface area contributed by atoms with Crippen LogP contribution in [0.3, 0.4) is 0 Å². The summed E-state index contributed by atoms with van der Waals surface area (Å²) in [6, 6.07) is 2.72. The molecule has 5 atom stereocenters. The number of nitrogens with two attached hydrogens (primary N) is 1. The lowest BCUT2D eigenvalue weighted by molar-refractivity contribution is -0.0426. The summed E-state index contributed by atoms with van der Waals surface area (Å²) < 4.78 is 52.0. The highest BCUT2D eigenvalue weighted by molar-refractivity contribution is 7.52. The first-order chi connectivity index (χ1) is 15.1. The number of pyridine rings is 1. The smallest absolute Gasteiger partial charge is 0.399 e. The zero-order chi connectivity index (χ0) is 23.8. The van der Waals surface area contributed by atoms with Crippen molar-refractivity contribution in [2.75, 3.05) is 38.3 Å². The van der Waals surface area contributed by atoms with Crippen molar-refractivity contribution < 1.29 is 42.0 Å². The van der Waals surface area contributed by atoms with Crippen LogP contribution in [0, 0.1) is 0 Å². The number of nitrogen functional groups attached to an aromatic ring is 1. The first-order valence-corrected chi connectivity index (χ1v) is 13.7. The van der Waals surface area contributed by atoms with Crippen LogP contribution in [-0.2, 0) is 32.2 Å². The van der Waals surface area contributed by atoms with Crippen LogP contribution in [0.5, 0.6) is 0 Å². The van der Waals surface area contributed by atoms with Gasteiger partial charge in [0.05, 0.1) is 26.0 Å². The summed E-state index contributed by atoms with van der Waals surface area (Å²) in [6.45, 7) is 3.72. The molecule has 4 N–H and O–H groups in total. The number of aromatic nitrogens is 1. The molecule has 1 aromatic heterocycles. The molecule has 2 heterocycles. The molecule has 1 saturated heterocycles. The largest absolute Gasteiger partial charge is 0.472 e. The summed E-state index contributed by atoms with van der Waals surface area (Å²) in [5.74, 6) is 0. The fourth-order valence-corrected chi connectivity index (χ4v) is 4.83. The van der Waals surface area contributed by atoms with Gasteiger partial charge in [-0.3, -0.25) is 23.0 Å². The minimum Gasteiger partial charge on any atom is -0.399 e. The Kier molecular flexibility index (Phi) is 10.5. The molecular weight excluding hydrogens is 466 g/mol. The predicted molar refractivity (Wildman–Crippen MR) is 116 cm³/mol. The normalized spacial score (nSPS) is 24.8. The summed E-state index contributed by atoms with van der Waals surface area (Å²) in [5.41, 5.74) is 5.45. The number of ether oxygens (including phenoxy) is 2. The quantitative estimate of drug-likeness (QED) is 0.254. The van der Waals surface area contributed by atoms with Crippen LogP contribution >= 0.6 is 15.4 Å². The van der Waals surface area contributed by atoms with E-state index in [9.17, 15) is 23.7 Å². The van der Waals surface area contributed by atoms with Crippen LogP contribution in [0.1, 0.15) is 39.3 Å². The molecule has 0 spiro atoms. The maximum Gasteiger partial charge on any atom is 0.472 e. The lowest BCUT2D eigenvalue weighted by Gasteiger charge is -2.22. The van der Waals surface area contributed by atoms with E-state index in [1.807, 2.05) is 6.92 Å². The summed E-state index contributed by atoms with van der Waals surface area (Å²) in [4.78, 5) is 32.3. The molecule has 184 valence electrons. The Morgan fingerprint density at radius 2 is 2.00 bits per heavy atom. The third-order valence-electron chi connectivity index (χ3n) is 4.65. The van der Waals surface area contributed by atoms with E-state index in [0.717, 1.165) is 6.42 Å². The van der Waals surface area contributed by atoms with E-state index in [-0.39, 0.29) is 31.5 Å². The van der Waals surface area contributed by atoms with Gasteiger partial charge in [0.25, 0.3) is 5.56 Å². The number of hydrogen-bond acceptors (Lipinski definition) is 9. The number of anilines is 1. The summed E-state index contributed by atoms with van der Waals surface area (Å²) in [5, 5.41) is 0. The minimum absolute atomic E-state index is 0.00815. The summed E-state index contributed by atoms with van der Waals surface area (Å²) >= 11 is 0. The van der Waals surface area contributed by atoms with Crippen LogP contribution in [0.2, 0.25) is 0 Å². The minimum atomic E-state index is -4.43. The van der Waals surface area contributed by atoms with Gasteiger partial charge in [-0.25, -0.2) is 4.57 Å². The maximum absolute atomic E-state index is 12.3. The fourth-order valence-electron chi connectivity index (χ4n) is 2.98. The molecule has 0 amide bonds. The number of phosphoric acid groups is 1. The third kappa shape index (κ3) is 8.70. The average Bonchev–Trinajstić information content (AvgIpc) is 3.08. The topological polar surface area (TPSA) is 169 Å². The van der Waals surface area contributed by atoms with E-state index in [1.54, 1.807) is 6.92 Å². The van der Waals surface area contributed by atoms with Gasteiger partial charge in [0.1, 0.15) is 18.4 Å². The van der Waals surface area contributed by atoms with Crippen molar-refractivity contribution in [1.29, 1.82) is 0 Å². The van der Waals surface area contributed by atoms with Crippen molar-refractivity contribution in [3.8, 4) is 0 Å². The van der Waals surface area contributed by atoms with E-state index in [0.29, 0.717) is 13.0 Å². The number of rotatable bonds is 14. The maximum atomic E-state index is 12.3. The van der Waals surface area contributed by atoms with Crippen LogP contribution < -0.4 is 11.3 Å². The lowest BCUT2D eigenvalue weighted by atomic mass is 10.2.